The molecule has 4 fully saturated rings. The molecule has 1 aliphatic carbocycles. The summed E-state index contributed by atoms with van der Waals surface area (Å²) < 4.78 is 42.6. The summed E-state index contributed by atoms with van der Waals surface area (Å²) in [5.41, 5.74) is -0.443. The Labute approximate surface area is 465 Å². The fourth-order valence-electron chi connectivity index (χ4n) is 12.3. The molecule has 3 N–H and O–H groups in total. The van der Waals surface area contributed by atoms with Gasteiger partial charge in [-0.05, 0) is 127 Å². The summed E-state index contributed by atoms with van der Waals surface area (Å²) in [6.07, 6.45) is 13.8. The molecule has 17 nitrogen and oxygen atoms in total. The molecule has 1 amide bonds. The van der Waals surface area contributed by atoms with E-state index in [9.17, 15) is 39.3 Å². The number of aliphatic hydroxyl groups excluding tert-OH is 2. The lowest BCUT2D eigenvalue weighted by Crippen LogP contribution is -2.61. The van der Waals surface area contributed by atoms with Gasteiger partial charge in [0, 0.05) is 77.1 Å². The van der Waals surface area contributed by atoms with E-state index < -0.39 is 77.3 Å². The van der Waals surface area contributed by atoms with E-state index in [-0.39, 0.29) is 80.5 Å². The number of cyclic esters (lactones) is 1. The normalized spacial score (nSPS) is 38.6. The number of Topliss-reactive ketones (excluding diaryl/α,β-unsaturated/α-hetero) is 3. The maximum absolute atomic E-state index is 14.7. The van der Waals surface area contributed by atoms with Crippen LogP contribution >= 0.6 is 0 Å². The number of carbonyl (C=O) groups is 5. The first-order valence-electron chi connectivity index (χ1n) is 29.2. The first-order chi connectivity index (χ1) is 37.1. The van der Waals surface area contributed by atoms with Crippen LogP contribution in [0.5, 0.6) is 0 Å². The lowest BCUT2D eigenvalue weighted by molar-refractivity contribution is -0.266. The predicted molar refractivity (Wildman–Crippen MR) is 296 cm³/mol. The first-order valence-corrected chi connectivity index (χ1v) is 29.2. The van der Waals surface area contributed by atoms with Gasteiger partial charge < -0.3 is 53.4 Å². The van der Waals surface area contributed by atoms with Gasteiger partial charge in [0.25, 0.3) is 11.7 Å². The van der Waals surface area contributed by atoms with Crippen LogP contribution in [-0.2, 0) is 57.1 Å². The quantitative estimate of drug-likeness (QED) is 0.0728. The molecular weight excluding hydrogens is 1000 g/mol. The molecule has 5 aliphatic rings. The standard InChI is InChI=1S/C61H98N2O15/c1-39-18-13-12-14-19-40(2)52(76-31-28-64)36-48-23-21-45(7)61(71,78-48)57(68)58(69)63-26-16-15-20-49(63)59(70)77-53(37-50(65)41(3)33-44(6)56(67)60(9,73-11)55(66)43(5)32-39)42(4)34-47-22-24-51(54(35-47)72-10)75-29-17-25-62-27-30-74-38-46(62)8/h12-14,18-19,33,39,41-43,45-49,51-54,56,64,67,71H,15-17,20-32,34-38H2,1-11H3/b14-12+,18-13?,40-19+,44-33+/t39-,41-,42-,43-,45-,46-,47+,48+,49?,51-,52-,53+,54-,56-,60-,61-/m1/s1. The van der Waals surface area contributed by atoms with Crippen molar-refractivity contribution in [3.63, 3.8) is 0 Å². The van der Waals surface area contributed by atoms with Crippen LogP contribution in [0.4, 0.5) is 0 Å². The number of hydrogen-bond acceptors (Lipinski definition) is 16. The SMILES string of the molecule is CO[C@@H]1C[C@H](C[C@@H](C)[C@@H]2CC(=O)[C@H](C)/C=C(\C)[C@@H](O)[C@](C)(OC)C(=O)[C@H](C)C[C@H](C)C=C/C=C/C=C(\C)[C@H](OCCO)C[C@@H]3CC[C@@H](C)[C@@](O)(O3)C(=O)C(=O)N3CCCCC3C(=O)O2)CC[C@H]1OCCCN1CCOC[C@H]1C. The fraction of sp³-hybridized carbons (Fsp3) is 0.787. The van der Waals surface area contributed by atoms with Crippen molar-refractivity contribution in [2.24, 2.45) is 35.5 Å². The van der Waals surface area contributed by atoms with Crippen molar-refractivity contribution in [3.8, 4) is 0 Å². The average Bonchev–Trinajstić information content (AvgIpc) is 3.44. The Kier molecular flexibility index (Phi) is 26.0. The summed E-state index contributed by atoms with van der Waals surface area (Å²) in [5, 5.41) is 33.7. The van der Waals surface area contributed by atoms with E-state index >= 15 is 0 Å². The highest BCUT2D eigenvalue weighted by Gasteiger charge is 2.53. The van der Waals surface area contributed by atoms with Crippen LogP contribution in [0.2, 0.25) is 0 Å². The Bertz CT molecular complexity index is 2090. The Morgan fingerprint density at radius 1 is 0.859 bits per heavy atom. The summed E-state index contributed by atoms with van der Waals surface area (Å²) in [7, 11) is 3.10. The van der Waals surface area contributed by atoms with E-state index in [0.29, 0.717) is 63.2 Å². The Morgan fingerprint density at radius 2 is 1.62 bits per heavy atom. The Morgan fingerprint density at radius 3 is 2.32 bits per heavy atom. The van der Waals surface area contributed by atoms with Gasteiger partial charge in [0.2, 0.25) is 5.79 Å². The van der Waals surface area contributed by atoms with Crippen LogP contribution in [-0.4, -0.2) is 181 Å². The molecule has 0 radical (unpaired) electrons. The van der Waals surface area contributed by atoms with Crippen molar-refractivity contribution in [3.05, 3.63) is 47.6 Å². The molecule has 1 saturated carbocycles. The number of esters is 1. The van der Waals surface area contributed by atoms with Gasteiger partial charge in [-0.2, -0.15) is 0 Å². The summed E-state index contributed by atoms with van der Waals surface area (Å²) in [6.45, 7) is 20.3. The number of allylic oxidation sites excluding steroid dienone is 6. The lowest BCUT2D eigenvalue weighted by Gasteiger charge is -2.43. The van der Waals surface area contributed by atoms with E-state index in [0.717, 1.165) is 51.1 Å². The Balaban J connectivity index is 1.43. The molecule has 16 atom stereocenters. The monoisotopic (exact) mass is 1100 g/mol. The van der Waals surface area contributed by atoms with Gasteiger partial charge in [-0.1, -0.05) is 71.1 Å². The van der Waals surface area contributed by atoms with Gasteiger partial charge in [-0.3, -0.25) is 24.1 Å². The van der Waals surface area contributed by atoms with Gasteiger partial charge in [0.1, 0.15) is 24.0 Å². The molecule has 1 unspecified atom stereocenters. The third kappa shape index (κ3) is 17.5. The van der Waals surface area contributed by atoms with Crippen molar-refractivity contribution < 1.29 is 72.5 Å². The van der Waals surface area contributed by atoms with E-state index in [1.54, 1.807) is 40.9 Å². The number of rotatable bonds is 13. The number of ether oxygens (including phenoxy) is 7. The maximum atomic E-state index is 14.7. The highest BCUT2D eigenvalue weighted by Crippen LogP contribution is 2.38. The number of carbonyl (C=O) groups excluding carboxylic acids is 5. The van der Waals surface area contributed by atoms with Crippen LogP contribution in [0.25, 0.3) is 0 Å². The van der Waals surface area contributed by atoms with Crippen molar-refractivity contribution in [1.29, 1.82) is 0 Å². The van der Waals surface area contributed by atoms with Gasteiger partial charge >= 0.3 is 5.97 Å². The molecule has 17 heteroatoms. The molecular formula is C61H98N2O15. The number of morpholine rings is 1. The number of piperidine rings is 1. The summed E-state index contributed by atoms with van der Waals surface area (Å²) in [5.74, 6) is -8.19. The number of hydrogen-bond donors (Lipinski definition) is 3. The van der Waals surface area contributed by atoms with E-state index in [4.69, 9.17) is 33.2 Å². The van der Waals surface area contributed by atoms with Crippen molar-refractivity contribution >= 4 is 29.2 Å². The molecule has 3 saturated heterocycles. The smallest absolute Gasteiger partial charge is 0.329 e. The van der Waals surface area contributed by atoms with Crippen LogP contribution in [0, 0.1) is 35.5 Å². The molecule has 78 heavy (non-hydrogen) atoms. The first kappa shape index (κ1) is 65.3. The third-order valence-corrected chi connectivity index (χ3v) is 17.5. The minimum absolute atomic E-state index is 0.0252. The predicted octanol–water partition coefficient (Wildman–Crippen LogP) is 7.07. The summed E-state index contributed by atoms with van der Waals surface area (Å²) in [6, 6.07) is -0.788. The molecule has 0 aromatic rings. The zero-order valence-corrected chi connectivity index (χ0v) is 49.0. The molecule has 0 aromatic carbocycles. The topological polar surface area (TPSA) is 217 Å². The minimum Gasteiger partial charge on any atom is -0.460 e. The zero-order valence-electron chi connectivity index (χ0n) is 49.0. The minimum atomic E-state index is -2.48. The molecule has 4 heterocycles. The second-order valence-electron chi connectivity index (χ2n) is 23.7. The molecule has 442 valence electrons. The van der Waals surface area contributed by atoms with Gasteiger partial charge in [0.05, 0.1) is 50.8 Å². The van der Waals surface area contributed by atoms with E-state index in [2.05, 4.69) is 11.8 Å². The molecule has 5 rings (SSSR count). The van der Waals surface area contributed by atoms with Gasteiger partial charge in [-0.15, -0.1) is 0 Å². The van der Waals surface area contributed by atoms with Crippen LogP contribution in [0.3, 0.4) is 0 Å². The number of amides is 1. The largest absolute Gasteiger partial charge is 0.460 e. The second-order valence-corrected chi connectivity index (χ2v) is 23.7. The molecule has 2 bridgehead atoms. The fourth-order valence-corrected chi connectivity index (χ4v) is 12.3. The van der Waals surface area contributed by atoms with Crippen molar-refractivity contribution in [2.45, 2.75) is 206 Å². The number of methoxy groups -OCH3 is 2. The third-order valence-electron chi connectivity index (χ3n) is 17.5. The number of ketones is 3. The number of fused-ring (bicyclic) bond motifs is 3. The molecule has 4 aliphatic heterocycles. The number of nitrogens with zero attached hydrogens (tertiary/aromatic N) is 2. The van der Waals surface area contributed by atoms with E-state index in [1.165, 1.54) is 12.0 Å². The van der Waals surface area contributed by atoms with Crippen LogP contribution in [0.1, 0.15) is 146 Å². The lowest BCUT2D eigenvalue weighted by atomic mass is 9.78. The van der Waals surface area contributed by atoms with Crippen LogP contribution < -0.4 is 0 Å². The highest BCUT2D eigenvalue weighted by atomic mass is 16.6. The molecule has 0 aromatic heterocycles. The summed E-state index contributed by atoms with van der Waals surface area (Å²) in [4.78, 5) is 75.9. The van der Waals surface area contributed by atoms with Gasteiger partial charge in [0.15, 0.2) is 11.4 Å². The zero-order chi connectivity index (χ0) is 57.3. The second kappa shape index (κ2) is 31.1. The Hall–Kier alpha value is -3.49. The maximum Gasteiger partial charge on any atom is 0.329 e. The van der Waals surface area contributed by atoms with Crippen LogP contribution in [0.15, 0.2) is 47.6 Å². The molecule has 0 spiro atoms. The average molecular weight is 1100 g/mol. The number of aliphatic hydroxyl groups is 3. The van der Waals surface area contributed by atoms with Crippen molar-refractivity contribution in [2.75, 3.05) is 66.9 Å². The highest BCUT2D eigenvalue weighted by molar-refractivity contribution is 6.39. The summed E-state index contributed by atoms with van der Waals surface area (Å²) >= 11 is 0. The van der Waals surface area contributed by atoms with E-state index in [1.807, 2.05) is 58.1 Å². The van der Waals surface area contributed by atoms with Gasteiger partial charge in [-0.25, -0.2) is 4.79 Å². The van der Waals surface area contributed by atoms with Crippen molar-refractivity contribution in [1.82, 2.24) is 9.80 Å².